The molecule has 1 aliphatic rings. The molecule has 1 aliphatic carbocycles. The van der Waals surface area contributed by atoms with Gasteiger partial charge in [-0.15, -0.1) is 10.2 Å². The quantitative estimate of drug-likeness (QED) is 0.484. The number of aromatic nitrogens is 2. The zero-order valence-electron chi connectivity index (χ0n) is 14.0. The van der Waals surface area contributed by atoms with Crippen LogP contribution in [0.15, 0.2) is 39.2 Å². The van der Waals surface area contributed by atoms with Gasteiger partial charge < -0.3 is 5.32 Å². The Morgan fingerprint density at radius 2 is 2.04 bits per heavy atom. The second kappa shape index (κ2) is 7.84. The van der Waals surface area contributed by atoms with Crippen LogP contribution in [0.5, 0.6) is 0 Å². The summed E-state index contributed by atoms with van der Waals surface area (Å²) in [7, 11) is 0. The second-order valence-corrected chi connectivity index (χ2v) is 9.77. The summed E-state index contributed by atoms with van der Waals surface area (Å²) in [6.45, 7) is 4.00. The summed E-state index contributed by atoms with van der Waals surface area (Å²) < 4.78 is 13.8. The number of rotatable bonds is 6. The van der Waals surface area contributed by atoms with Gasteiger partial charge in [-0.25, -0.2) is 4.39 Å². The molecular weight excluding hydrogens is 416 g/mol. The first-order chi connectivity index (χ1) is 12.3. The van der Waals surface area contributed by atoms with E-state index >= 15 is 0 Å². The highest BCUT2D eigenvalue weighted by Crippen LogP contribution is 2.60. The largest absolute Gasteiger partial charge is 0.300 e. The molecule has 2 aromatic rings. The third-order valence-corrected chi connectivity index (χ3v) is 6.71. The molecule has 2 atom stereocenters. The lowest BCUT2D eigenvalue weighted by Gasteiger charge is -2.01. The van der Waals surface area contributed by atoms with Crippen molar-refractivity contribution < 1.29 is 9.18 Å². The van der Waals surface area contributed by atoms with Crippen LogP contribution >= 0.6 is 46.3 Å². The maximum Gasteiger partial charge on any atom is 0.230 e. The molecule has 1 saturated carbocycles. The van der Waals surface area contributed by atoms with Crippen LogP contribution in [-0.4, -0.2) is 16.1 Å². The second-order valence-electron chi connectivity index (χ2n) is 6.56. The molecule has 0 radical (unpaired) electrons. The number of amides is 1. The molecule has 1 amide bonds. The number of nitrogens with zero attached hydrogens (tertiary/aromatic N) is 2. The highest BCUT2D eigenvalue weighted by atomic mass is 35.5. The Morgan fingerprint density at radius 1 is 1.35 bits per heavy atom. The van der Waals surface area contributed by atoms with Crippen molar-refractivity contribution in [1.29, 1.82) is 0 Å². The van der Waals surface area contributed by atoms with Crippen molar-refractivity contribution in [2.45, 2.75) is 23.9 Å². The summed E-state index contributed by atoms with van der Waals surface area (Å²) in [4.78, 5) is 12.5. The number of hydrogen-bond acceptors (Lipinski definition) is 5. The van der Waals surface area contributed by atoms with E-state index in [0.717, 1.165) is 9.90 Å². The van der Waals surface area contributed by atoms with E-state index in [2.05, 4.69) is 15.5 Å². The minimum Gasteiger partial charge on any atom is -0.300 e. The Kier molecular flexibility index (Phi) is 5.91. The van der Waals surface area contributed by atoms with Crippen LogP contribution in [0.1, 0.15) is 19.4 Å². The standard InChI is InChI=1S/C17H16Cl2FN3OS2/c1-17(2)11(7-12(18)19)13(17)14(24)21-15-22-23-16(26-15)25-8-9-3-5-10(20)6-4-9/h3-7,11,13H,8H2,1-2H3,(H,21,22,24)/t11-,13-/m1/s1. The topological polar surface area (TPSA) is 54.9 Å². The van der Waals surface area contributed by atoms with Gasteiger partial charge in [-0.2, -0.15) is 0 Å². The molecule has 26 heavy (non-hydrogen) atoms. The van der Waals surface area contributed by atoms with E-state index in [0.29, 0.717) is 10.9 Å². The Bertz CT molecular complexity index is 835. The maximum atomic E-state index is 12.9. The van der Waals surface area contributed by atoms with E-state index in [1.165, 1.54) is 35.2 Å². The Hall–Kier alpha value is -1.15. The van der Waals surface area contributed by atoms with Crippen LogP contribution in [0.2, 0.25) is 0 Å². The van der Waals surface area contributed by atoms with Crippen LogP contribution in [0, 0.1) is 23.1 Å². The molecule has 0 saturated heterocycles. The smallest absolute Gasteiger partial charge is 0.230 e. The molecule has 3 rings (SSSR count). The summed E-state index contributed by atoms with van der Waals surface area (Å²) in [5.74, 6) is 0.0878. The lowest BCUT2D eigenvalue weighted by atomic mass is 10.1. The molecule has 1 aromatic carbocycles. The Labute approximate surface area is 169 Å². The summed E-state index contributed by atoms with van der Waals surface area (Å²) in [5, 5.41) is 11.4. The van der Waals surface area contributed by atoms with E-state index in [1.54, 1.807) is 18.2 Å². The molecule has 1 heterocycles. The van der Waals surface area contributed by atoms with Gasteiger partial charge in [0.2, 0.25) is 11.0 Å². The zero-order chi connectivity index (χ0) is 18.9. The van der Waals surface area contributed by atoms with Crippen LogP contribution in [0.3, 0.4) is 0 Å². The van der Waals surface area contributed by atoms with Gasteiger partial charge in [-0.3, -0.25) is 4.79 Å². The van der Waals surface area contributed by atoms with Gasteiger partial charge in [0.15, 0.2) is 4.34 Å². The molecule has 0 unspecified atom stereocenters. The molecular formula is C17H16Cl2FN3OS2. The molecule has 1 N–H and O–H groups in total. The van der Waals surface area contributed by atoms with Crippen molar-refractivity contribution in [1.82, 2.24) is 10.2 Å². The molecule has 0 bridgehead atoms. The first-order valence-corrected chi connectivity index (χ1v) is 10.4. The van der Waals surface area contributed by atoms with Crippen molar-refractivity contribution in [3.05, 3.63) is 46.2 Å². The molecule has 138 valence electrons. The zero-order valence-corrected chi connectivity index (χ0v) is 17.1. The molecule has 0 aliphatic heterocycles. The van der Waals surface area contributed by atoms with Gasteiger partial charge in [0, 0.05) is 5.75 Å². The fourth-order valence-electron chi connectivity index (χ4n) is 2.85. The fraction of sp³-hybridized carbons (Fsp3) is 0.353. The monoisotopic (exact) mass is 431 g/mol. The van der Waals surface area contributed by atoms with Crippen molar-refractivity contribution in [2.75, 3.05) is 5.32 Å². The number of benzene rings is 1. The number of allylic oxidation sites excluding steroid dienone is 1. The molecule has 0 spiro atoms. The molecule has 4 nitrogen and oxygen atoms in total. The highest BCUT2D eigenvalue weighted by Gasteiger charge is 2.60. The van der Waals surface area contributed by atoms with Crippen molar-refractivity contribution in [3.8, 4) is 0 Å². The van der Waals surface area contributed by atoms with Gasteiger partial charge in [0.1, 0.15) is 10.3 Å². The van der Waals surface area contributed by atoms with E-state index in [-0.39, 0.29) is 33.5 Å². The van der Waals surface area contributed by atoms with Crippen LogP contribution in [0.25, 0.3) is 0 Å². The molecule has 1 aromatic heterocycles. The van der Waals surface area contributed by atoms with Crippen molar-refractivity contribution >= 4 is 57.3 Å². The third kappa shape index (κ3) is 4.57. The number of nitrogens with one attached hydrogen (secondary N) is 1. The third-order valence-electron chi connectivity index (χ3n) is 4.41. The molecule has 9 heteroatoms. The van der Waals surface area contributed by atoms with Crippen LogP contribution in [0.4, 0.5) is 9.52 Å². The van der Waals surface area contributed by atoms with E-state index in [1.807, 2.05) is 13.8 Å². The minimum atomic E-state index is -0.258. The number of carbonyl (C=O) groups is 1. The molecule has 1 fully saturated rings. The maximum absolute atomic E-state index is 12.9. The van der Waals surface area contributed by atoms with Crippen molar-refractivity contribution in [3.63, 3.8) is 0 Å². The SMILES string of the molecule is CC1(C)[C@H](C=C(Cl)Cl)[C@@H]1C(=O)Nc1nnc(SCc2ccc(F)cc2)s1. The van der Waals surface area contributed by atoms with E-state index < -0.39 is 0 Å². The number of anilines is 1. The normalized spacial score (nSPS) is 20.5. The predicted molar refractivity (Wildman–Crippen MR) is 105 cm³/mol. The highest BCUT2D eigenvalue weighted by molar-refractivity contribution is 8.00. The lowest BCUT2D eigenvalue weighted by Crippen LogP contribution is -2.16. The first kappa shape index (κ1) is 19.6. The first-order valence-electron chi connectivity index (χ1n) is 7.82. The van der Waals surface area contributed by atoms with Crippen LogP contribution < -0.4 is 5.32 Å². The minimum absolute atomic E-state index is 0.00717. The fourth-order valence-corrected chi connectivity index (χ4v) is 4.83. The lowest BCUT2D eigenvalue weighted by molar-refractivity contribution is -0.118. The van der Waals surface area contributed by atoms with Gasteiger partial charge >= 0.3 is 0 Å². The number of halogens is 3. The number of hydrogen-bond donors (Lipinski definition) is 1. The average molecular weight is 432 g/mol. The predicted octanol–water partition coefficient (Wildman–Crippen LogP) is 5.50. The summed E-state index contributed by atoms with van der Waals surface area (Å²) in [5.41, 5.74) is 0.800. The Balaban J connectivity index is 1.56. The van der Waals surface area contributed by atoms with Gasteiger partial charge in [0.05, 0.1) is 5.92 Å². The van der Waals surface area contributed by atoms with E-state index in [9.17, 15) is 9.18 Å². The summed E-state index contributed by atoms with van der Waals surface area (Å²) in [6, 6.07) is 6.32. The Morgan fingerprint density at radius 3 is 2.69 bits per heavy atom. The summed E-state index contributed by atoms with van der Waals surface area (Å²) >= 11 is 14.2. The van der Waals surface area contributed by atoms with Gasteiger partial charge in [-0.05, 0) is 35.1 Å². The van der Waals surface area contributed by atoms with E-state index in [4.69, 9.17) is 23.2 Å². The van der Waals surface area contributed by atoms with Crippen LogP contribution in [-0.2, 0) is 10.5 Å². The summed E-state index contributed by atoms with van der Waals surface area (Å²) in [6.07, 6.45) is 1.71. The number of carbonyl (C=O) groups excluding carboxylic acids is 1. The van der Waals surface area contributed by atoms with Gasteiger partial charge in [-0.1, -0.05) is 72.3 Å². The van der Waals surface area contributed by atoms with Crippen molar-refractivity contribution in [2.24, 2.45) is 17.3 Å². The average Bonchev–Trinajstić information content (AvgIpc) is 2.91. The van der Waals surface area contributed by atoms with Gasteiger partial charge in [0.25, 0.3) is 0 Å². The number of thioether (sulfide) groups is 1.